The average molecular weight is 269 g/mol. The third kappa shape index (κ3) is 5.44. The maximum atomic E-state index is 4.48. The number of rotatable bonds is 7. The van der Waals surface area contributed by atoms with E-state index in [0.717, 1.165) is 13.1 Å². The molecule has 18 heavy (non-hydrogen) atoms. The van der Waals surface area contributed by atoms with Crippen molar-refractivity contribution in [2.75, 3.05) is 11.5 Å². The lowest BCUT2D eigenvalue weighted by atomic mass is 10.1. The molecule has 0 spiro atoms. The molecule has 104 valence electrons. The second-order valence-corrected chi connectivity index (χ2v) is 7.03. The Hall–Kier alpha value is -0.480. The minimum Gasteiger partial charge on any atom is -0.308 e. The summed E-state index contributed by atoms with van der Waals surface area (Å²) in [6, 6.07) is 0. The average Bonchev–Trinajstić information content (AvgIpc) is 2.63. The first kappa shape index (κ1) is 15.6. The molecular formula is C14H27N3S. The van der Waals surface area contributed by atoms with Gasteiger partial charge in [-0.3, -0.25) is 4.68 Å². The van der Waals surface area contributed by atoms with Crippen LogP contribution in [-0.2, 0) is 13.1 Å². The van der Waals surface area contributed by atoms with E-state index in [1.165, 1.54) is 29.2 Å². The van der Waals surface area contributed by atoms with Gasteiger partial charge in [-0.05, 0) is 45.6 Å². The Balaban J connectivity index is 2.45. The van der Waals surface area contributed by atoms with Crippen molar-refractivity contribution in [3.05, 3.63) is 17.5 Å². The van der Waals surface area contributed by atoms with Crippen molar-refractivity contribution in [2.24, 2.45) is 0 Å². The van der Waals surface area contributed by atoms with Crippen LogP contribution in [-0.4, -0.2) is 26.8 Å². The standard InChI is InChI=1S/C14H27N3S/c1-6-18-9-7-8-17-12(2)13(11-16-17)10-15-14(3,4)5/h11,15H,6-10H2,1-5H3. The Morgan fingerprint density at radius 3 is 2.72 bits per heavy atom. The third-order valence-corrected chi connectivity index (χ3v) is 3.86. The van der Waals surface area contributed by atoms with Crippen LogP contribution >= 0.6 is 11.8 Å². The van der Waals surface area contributed by atoms with Gasteiger partial charge in [-0.2, -0.15) is 16.9 Å². The molecule has 0 unspecified atom stereocenters. The van der Waals surface area contributed by atoms with Crippen molar-refractivity contribution in [3.63, 3.8) is 0 Å². The van der Waals surface area contributed by atoms with Gasteiger partial charge in [0.25, 0.3) is 0 Å². The zero-order chi connectivity index (χ0) is 13.6. The number of nitrogens with one attached hydrogen (secondary N) is 1. The molecule has 1 aromatic heterocycles. The van der Waals surface area contributed by atoms with Gasteiger partial charge in [0.05, 0.1) is 6.20 Å². The molecule has 0 atom stereocenters. The number of aromatic nitrogens is 2. The highest BCUT2D eigenvalue weighted by Crippen LogP contribution is 2.11. The number of aryl methyl sites for hydroxylation is 1. The maximum Gasteiger partial charge on any atom is 0.0537 e. The van der Waals surface area contributed by atoms with E-state index in [4.69, 9.17) is 0 Å². The van der Waals surface area contributed by atoms with E-state index in [-0.39, 0.29) is 5.54 Å². The summed E-state index contributed by atoms with van der Waals surface area (Å²) >= 11 is 2.00. The summed E-state index contributed by atoms with van der Waals surface area (Å²) in [5.41, 5.74) is 2.77. The molecule has 0 radical (unpaired) electrons. The van der Waals surface area contributed by atoms with Crippen molar-refractivity contribution < 1.29 is 0 Å². The van der Waals surface area contributed by atoms with E-state index in [1.807, 2.05) is 18.0 Å². The molecule has 4 heteroatoms. The van der Waals surface area contributed by atoms with Crippen LogP contribution in [0.3, 0.4) is 0 Å². The smallest absolute Gasteiger partial charge is 0.0537 e. The predicted octanol–water partition coefficient (Wildman–Crippen LogP) is 3.22. The molecule has 1 heterocycles. The van der Waals surface area contributed by atoms with Gasteiger partial charge in [0.15, 0.2) is 0 Å². The van der Waals surface area contributed by atoms with Crippen LogP contribution in [0.4, 0.5) is 0 Å². The molecular weight excluding hydrogens is 242 g/mol. The summed E-state index contributed by atoms with van der Waals surface area (Å²) in [4.78, 5) is 0. The van der Waals surface area contributed by atoms with Gasteiger partial charge in [-0.15, -0.1) is 0 Å². The van der Waals surface area contributed by atoms with Crippen molar-refractivity contribution in [3.8, 4) is 0 Å². The molecule has 0 saturated carbocycles. The Morgan fingerprint density at radius 2 is 2.11 bits per heavy atom. The first-order valence-corrected chi connectivity index (χ1v) is 7.93. The lowest BCUT2D eigenvalue weighted by Crippen LogP contribution is -2.35. The Kier molecular flexibility index (Phi) is 6.22. The minimum atomic E-state index is 0.159. The van der Waals surface area contributed by atoms with E-state index in [0.29, 0.717) is 0 Å². The molecule has 0 aliphatic rings. The summed E-state index contributed by atoms with van der Waals surface area (Å²) in [7, 11) is 0. The highest BCUT2D eigenvalue weighted by Gasteiger charge is 2.11. The summed E-state index contributed by atoms with van der Waals surface area (Å²) in [6.45, 7) is 12.9. The topological polar surface area (TPSA) is 29.9 Å². The fourth-order valence-electron chi connectivity index (χ4n) is 1.71. The summed E-state index contributed by atoms with van der Waals surface area (Å²) < 4.78 is 2.13. The molecule has 0 aliphatic carbocycles. The third-order valence-electron chi connectivity index (χ3n) is 2.88. The fraction of sp³-hybridized carbons (Fsp3) is 0.786. The van der Waals surface area contributed by atoms with Gasteiger partial charge < -0.3 is 5.32 Å². The molecule has 0 bridgehead atoms. The van der Waals surface area contributed by atoms with Crippen molar-refractivity contribution in [1.29, 1.82) is 0 Å². The van der Waals surface area contributed by atoms with Crippen LogP contribution in [0.15, 0.2) is 6.20 Å². The molecule has 0 aliphatic heterocycles. The van der Waals surface area contributed by atoms with Crippen molar-refractivity contribution in [1.82, 2.24) is 15.1 Å². The normalized spacial score (nSPS) is 12.1. The second kappa shape index (κ2) is 7.19. The highest BCUT2D eigenvalue weighted by atomic mass is 32.2. The molecule has 1 N–H and O–H groups in total. The number of hydrogen-bond donors (Lipinski definition) is 1. The van der Waals surface area contributed by atoms with Crippen LogP contribution in [0, 0.1) is 6.92 Å². The van der Waals surface area contributed by atoms with E-state index in [1.54, 1.807) is 0 Å². The SMILES string of the molecule is CCSCCCn1ncc(CNC(C)(C)C)c1C. The van der Waals surface area contributed by atoms with Crippen LogP contribution in [0.1, 0.15) is 45.4 Å². The first-order chi connectivity index (χ1) is 8.44. The molecule has 1 rings (SSSR count). The van der Waals surface area contributed by atoms with Crippen molar-refractivity contribution in [2.45, 2.75) is 59.7 Å². The second-order valence-electron chi connectivity index (χ2n) is 5.63. The summed E-state index contributed by atoms with van der Waals surface area (Å²) in [5.74, 6) is 2.43. The van der Waals surface area contributed by atoms with Crippen LogP contribution in [0.5, 0.6) is 0 Å². The number of hydrogen-bond acceptors (Lipinski definition) is 3. The van der Waals surface area contributed by atoms with Crippen molar-refractivity contribution >= 4 is 11.8 Å². The van der Waals surface area contributed by atoms with E-state index >= 15 is 0 Å². The summed E-state index contributed by atoms with van der Waals surface area (Å²) in [6.07, 6.45) is 3.20. The molecule has 0 aromatic carbocycles. The molecule has 0 amide bonds. The minimum absolute atomic E-state index is 0.159. The zero-order valence-electron chi connectivity index (χ0n) is 12.4. The highest BCUT2D eigenvalue weighted by molar-refractivity contribution is 7.99. The fourth-order valence-corrected chi connectivity index (χ4v) is 2.33. The van der Waals surface area contributed by atoms with Crippen LogP contribution < -0.4 is 5.32 Å². The molecule has 0 saturated heterocycles. The number of nitrogens with zero attached hydrogens (tertiary/aromatic N) is 2. The first-order valence-electron chi connectivity index (χ1n) is 6.78. The van der Waals surface area contributed by atoms with E-state index in [2.05, 4.69) is 49.7 Å². The number of thioether (sulfide) groups is 1. The lowest BCUT2D eigenvalue weighted by molar-refractivity contribution is 0.423. The van der Waals surface area contributed by atoms with Gasteiger partial charge in [0.2, 0.25) is 0 Å². The Bertz CT molecular complexity index is 352. The molecule has 1 aromatic rings. The van der Waals surface area contributed by atoms with Gasteiger partial charge in [0, 0.05) is 29.9 Å². The largest absolute Gasteiger partial charge is 0.308 e. The Labute approximate surface area is 116 Å². The van der Waals surface area contributed by atoms with Crippen LogP contribution in [0.2, 0.25) is 0 Å². The van der Waals surface area contributed by atoms with Gasteiger partial charge >= 0.3 is 0 Å². The lowest BCUT2D eigenvalue weighted by Gasteiger charge is -2.20. The van der Waals surface area contributed by atoms with E-state index in [9.17, 15) is 0 Å². The van der Waals surface area contributed by atoms with Gasteiger partial charge in [-0.25, -0.2) is 0 Å². The van der Waals surface area contributed by atoms with Crippen LogP contribution in [0.25, 0.3) is 0 Å². The molecule has 3 nitrogen and oxygen atoms in total. The quantitative estimate of drug-likeness (QED) is 0.771. The molecule has 0 fully saturated rings. The Morgan fingerprint density at radius 1 is 1.39 bits per heavy atom. The van der Waals surface area contributed by atoms with Gasteiger partial charge in [-0.1, -0.05) is 6.92 Å². The zero-order valence-corrected chi connectivity index (χ0v) is 13.2. The van der Waals surface area contributed by atoms with Gasteiger partial charge in [0.1, 0.15) is 0 Å². The predicted molar refractivity (Wildman–Crippen MR) is 81.2 cm³/mol. The summed E-state index contributed by atoms with van der Waals surface area (Å²) in [5, 5.41) is 7.99. The van der Waals surface area contributed by atoms with E-state index < -0.39 is 0 Å². The monoisotopic (exact) mass is 269 g/mol. The maximum absolute atomic E-state index is 4.48.